The standard InChI is InChI=1S/C20H24N2O2/c1-22(14-15-24-18-10-6-3-7-11-18)19(16-8-4-2-5-9-16)20(23)21-17-12-13-17/h2-11,17,19H,12-15H2,1H3,(H,21,23)/t19-/m0/s1. The highest BCUT2D eigenvalue weighted by molar-refractivity contribution is 5.83. The van der Waals surface area contributed by atoms with E-state index in [4.69, 9.17) is 4.74 Å². The molecule has 126 valence electrons. The maximum absolute atomic E-state index is 12.7. The lowest BCUT2D eigenvalue weighted by atomic mass is 10.0. The summed E-state index contributed by atoms with van der Waals surface area (Å²) in [7, 11) is 1.97. The molecule has 4 nitrogen and oxygen atoms in total. The zero-order chi connectivity index (χ0) is 16.8. The van der Waals surface area contributed by atoms with Crippen molar-refractivity contribution in [2.24, 2.45) is 0 Å². The molecule has 1 atom stereocenters. The normalized spacial score (nSPS) is 15.1. The van der Waals surface area contributed by atoms with Crippen LogP contribution in [-0.4, -0.2) is 37.0 Å². The largest absolute Gasteiger partial charge is 0.492 e. The number of rotatable bonds is 8. The van der Waals surface area contributed by atoms with E-state index >= 15 is 0 Å². The second-order valence-electron chi connectivity index (χ2n) is 6.24. The molecule has 0 unspecified atom stereocenters. The highest BCUT2D eigenvalue weighted by Gasteiger charge is 2.30. The van der Waals surface area contributed by atoms with E-state index in [2.05, 4.69) is 10.2 Å². The van der Waals surface area contributed by atoms with Crippen molar-refractivity contribution in [3.63, 3.8) is 0 Å². The van der Waals surface area contributed by atoms with Gasteiger partial charge < -0.3 is 10.1 Å². The first-order chi connectivity index (χ1) is 11.7. The zero-order valence-corrected chi connectivity index (χ0v) is 14.0. The van der Waals surface area contributed by atoms with Crippen LogP contribution >= 0.6 is 0 Å². The number of benzene rings is 2. The van der Waals surface area contributed by atoms with Crippen LogP contribution in [0.1, 0.15) is 24.4 Å². The predicted octanol–water partition coefficient (Wildman–Crippen LogP) is 3.02. The van der Waals surface area contributed by atoms with Crippen LogP contribution in [0.4, 0.5) is 0 Å². The Morgan fingerprint density at radius 2 is 1.75 bits per heavy atom. The predicted molar refractivity (Wildman–Crippen MR) is 94.9 cm³/mol. The smallest absolute Gasteiger partial charge is 0.242 e. The summed E-state index contributed by atoms with van der Waals surface area (Å²) in [5, 5.41) is 3.12. The molecular formula is C20H24N2O2. The van der Waals surface area contributed by atoms with Crippen LogP contribution in [0.5, 0.6) is 5.75 Å². The molecule has 0 saturated heterocycles. The summed E-state index contributed by atoms with van der Waals surface area (Å²) in [6.45, 7) is 1.22. The summed E-state index contributed by atoms with van der Waals surface area (Å²) in [6, 6.07) is 19.8. The van der Waals surface area contributed by atoms with Crippen LogP contribution in [0.2, 0.25) is 0 Å². The average Bonchev–Trinajstić information content (AvgIpc) is 3.41. The first kappa shape index (κ1) is 16.5. The molecule has 0 bridgehead atoms. The van der Waals surface area contributed by atoms with Crippen LogP contribution in [-0.2, 0) is 4.79 Å². The number of carbonyl (C=O) groups is 1. The van der Waals surface area contributed by atoms with Crippen molar-refractivity contribution < 1.29 is 9.53 Å². The Morgan fingerprint density at radius 1 is 1.12 bits per heavy atom. The Labute approximate surface area is 143 Å². The molecular weight excluding hydrogens is 300 g/mol. The Balaban J connectivity index is 1.61. The summed E-state index contributed by atoms with van der Waals surface area (Å²) < 4.78 is 5.76. The maximum Gasteiger partial charge on any atom is 0.242 e. The fraction of sp³-hybridized carbons (Fsp3) is 0.350. The summed E-state index contributed by atoms with van der Waals surface area (Å²) in [5.74, 6) is 0.926. The third kappa shape index (κ3) is 4.59. The monoisotopic (exact) mass is 324 g/mol. The van der Waals surface area contributed by atoms with Gasteiger partial charge in [0.15, 0.2) is 0 Å². The number of hydrogen-bond acceptors (Lipinski definition) is 3. The van der Waals surface area contributed by atoms with Gasteiger partial charge in [0.2, 0.25) is 5.91 Å². The number of likely N-dealkylation sites (N-methyl/N-ethyl adjacent to an activating group) is 1. The quantitative estimate of drug-likeness (QED) is 0.811. The van der Waals surface area contributed by atoms with Crippen LogP contribution in [0, 0.1) is 0 Å². The van der Waals surface area contributed by atoms with Gasteiger partial charge in [0, 0.05) is 12.6 Å². The lowest BCUT2D eigenvalue weighted by molar-refractivity contribution is -0.126. The van der Waals surface area contributed by atoms with Gasteiger partial charge in [-0.3, -0.25) is 9.69 Å². The number of ether oxygens (including phenoxy) is 1. The first-order valence-corrected chi connectivity index (χ1v) is 8.47. The zero-order valence-electron chi connectivity index (χ0n) is 14.0. The van der Waals surface area contributed by atoms with Gasteiger partial charge in [-0.1, -0.05) is 48.5 Å². The molecule has 4 heteroatoms. The highest BCUT2D eigenvalue weighted by Crippen LogP contribution is 2.24. The van der Waals surface area contributed by atoms with Crippen molar-refractivity contribution in [3.8, 4) is 5.75 Å². The van der Waals surface area contributed by atoms with Crippen LogP contribution in [0.3, 0.4) is 0 Å². The van der Waals surface area contributed by atoms with Crippen LogP contribution in [0.25, 0.3) is 0 Å². The Hall–Kier alpha value is -2.33. The molecule has 24 heavy (non-hydrogen) atoms. The van der Waals surface area contributed by atoms with E-state index in [1.54, 1.807) is 0 Å². The molecule has 1 aliphatic rings. The van der Waals surface area contributed by atoms with E-state index < -0.39 is 0 Å². The molecule has 1 fully saturated rings. The Kier molecular flexibility index (Phi) is 5.49. The van der Waals surface area contributed by atoms with Crippen molar-refractivity contribution in [1.29, 1.82) is 0 Å². The van der Waals surface area contributed by atoms with Gasteiger partial charge in [0.1, 0.15) is 18.4 Å². The minimum absolute atomic E-state index is 0.0749. The van der Waals surface area contributed by atoms with Crippen molar-refractivity contribution in [3.05, 3.63) is 66.2 Å². The number of carbonyl (C=O) groups excluding carboxylic acids is 1. The topological polar surface area (TPSA) is 41.6 Å². The van der Waals surface area contributed by atoms with Gasteiger partial charge in [0.25, 0.3) is 0 Å². The van der Waals surface area contributed by atoms with Crippen molar-refractivity contribution in [2.45, 2.75) is 24.9 Å². The van der Waals surface area contributed by atoms with E-state index in [0.29, 0.717) is 19.2 Å². The second-order valence-corrected chi connectivity index (χ2v) is 6.24. The van der Waals surface area contributed by atoms with Crippen molar-refractivity contribution >= 4 is 5.91 Å². The van der Waals surface area contributed by atoms with Crippen molar-refractivity contribution in [2.75, 3.05) is 20.2 Å². The molecule has 0 aromatic heterocycles. The van der Waals surface area contributed by atoms with Crippen LogP contribution < -0.4 is 10.1 Å². The number of para-hydroxylation sites is 1. The maximum atomic E-state index is 12.7. The number of amides is 1. The van der Waals surface area contributed by atoms with Gasteiger partial charge in [-0.25, -0.2) is 0 Å². The van der Waals surface area contributed by atoms with E-state index in [0.717, 1.165) is 24.2 Å². The first-order valence-electron chi connectivity index (χ1n) is 8.47. The summed E-state index contributed by atoms with van der Waals surface area (Å²) >= 11 is 0. The lowest BCUT2D eigenvalue weighted by Crippen LogP contribution is -2.41. The summed E-state index contributed by atoms with van der Waals surface area (Å²) in [5.41, 5.74) is 1.01. The number of nitrogens with zero attached hydrogens (tertiary/aromatic N) is 1. The summed E-state index contributed by atoms with van der Waals surface area (Å²) in [4.78, 5) is 14.7. The Bertz CT molecular complexity index is 641. The molecule has 1 amide bonds. The van der Waals surface area contributed by atoms with Gasteiger partial charge >= 0.3 is 0 Å². The van der Waals surface area contributed by atoms with Crippen molar-refractivity contribution in [1.82, 2.24) is 10.2 Å². The molecule has 0 aliphatic heterocycles. The minimum atomic E-state index is -0.286. The molecule has 0 radical (unpaired) electrons. The molecule has 1 saturated carbocycles. The van der Waals surface area contributed by atoms with E-state index in [1.807, 2.05) is 67.7 Å². The second kappa shape index (κ2) is 7.97. The third-order valence-corrected chi connectivity index (χ3v) is 4.18. The number of hydrogen-bond donors (Lipinski definition) is 1. The SMILES string of the molecule is CN(CCOc1ccccc1)[C@H](C(=O)NC1CC1)c1ccccc1. The fourth-order valence-electron chi connectivity index (χ4n) is 2.70. The Morgan fingerprint density at radius 3 is 2.38 bits per heavy atom. The molecule has 0 heterocycles. The van der Waals surface area contributed by atoms with Gasteiger partial charge in [-0.15, -0.1) is 0 Å². The van der Waals surface area contributed by atoms with E-state index in [1.165, 1.54) is 0 Å². The molecule has 3 rings (SSSR count). The fourth-order valence-corrected chi connectivity index (χ4v) is 2.70. The highest BCUT2D eigenvalue weighted by atomic mass is 16.5. The summed E-state index contributed by atoms with van der Waals surface area (Å²) in [6.07, 6.45) is 2.18. The molecule has 1 aliphatic carbocycles. The molecule has 1 N–H and O–H groups in total. The lowest BCUT2D eigenvalue weighted by Gasteiger charge is -2.27. The van der Waals surface area contributed by atoms with E-state index in [9.17, 15) is 4.79 Å². The third-order valence-electron chi connectivity index (χ3n) is 4.18. The average molecular weight is 324 g/mol. The van der Waals surface area contributed by atoms with Gasteiger partial charge in [-0.2, -0.15) is 0 Å². The van der Waals surface area contributed by atoms with E-state index in [-0.39, 0.29) is 11.9 Å². The minimum Gasteiger partial charge on any atom is -0.492 e. The van der Waals surface area contributed by atoms with Gasteiger partial charge in [-0.05, 0) is 37.6 Å². The molecule has 2 aromatic carbocycles. The molecule has 2 aromatic rings. The number of nitrogens with one attached hydrogen (secondary N) is 1. The molecule has 0 spiro atoms. The van der Waals surface area contributed by atoms with Gasteiger partial charge in [0.05, 0.1) is 0 Å². The van der Waals surface area contributed by atoms with Crippen LogP contribution in [0.15, 0.2) is 60.7 Å².